The average molecular weight is 354 g/mol. The zero-order valence-electron chi connectivity index (χ0n) is 13.4. The number of hydrogen-bond acceptors (Lipinski definition) is 5. The van der Waals surface area contributed by atoms with Gasteiger partial charge in [-0.05, 0) is 6.92 Å². The SMILES string of the molecule is CCn1cc(O[C@@H]2CN(C(=O)CCn3cc(Cl)cn3)C[C@H]2O)cn1. The second-order valence-corrected chi connectivity index (χ2v) is 6.16. The number of aromatic nitrogens is 4. The second kappa shape index (κ2) is 7.23. The minimum absolute atomic E-state index is 0.0453. The van der Waals surface area contributed by atoms with Gasteiger partial charge in [0.15, 0.2) is 5.75 Å². The van der Waals surface area contributed by atoms with E-state index in [0.29, 0.717) is 30.3 Å². The molecule has 0 unspecified atom stereocenters. The molecule has 0 spiro atoms. The van der Waals surface area contributed by atoms with Gasteiger partial charge in [0.1, 0.15) is 12.2 Å². The van der Waals surface area contributed by atoms with Gasteiger partial charge in [0.2, 0.25) is 5.91 Å². The van der Waals surface area contributed by atoms with E-state index in [1.54, 1.807) is 32.9 Å². The van der Waals surface area contributed by atoms with Crippen molar-refractivity contribution in [3.05, 3.63) is 29.8 Å². The largest absolute Gasteiger partial charge is 0.482 e. The number of aryl methyl sites for hydroxylation is 2. The molecule has 2 aromatic heterocycles. The van der Waals surface area contributed by atoms with Gasteiger partial charge in [-0.1, -0.05) is 11.6 Å². The Morgan fingerprint density at radius 2 is 2.12 bits per heavy atom. The molecule has 3 rings (SSSR count). The third-order valence-electron chi connectivity index (χ3n) is 3.97. The van der Waals surface area contributed by atoms with Gasteiger partial charge in [0.05, 0.1) is 36.7 Å². The maximum atomic E-state index is 12.3. The summed E-state index contributed by atoms with van der Waals surface area (Å²) in [6, 6.07) is 0. The van der Waals surface area contributed by atoms with E-state index < -0.39 is 12.2 Å². The minimum Gasteiger partial charge on any atom is -0.482 e. The van der Waals surface area contributed by atoms with Crippen molar-refractivity contribution in [3.63, 3.8) is 0 Å². The minimum atomic E-state index is -0.710. The van der Waals surface area contributed by atoms with Crippen molar-refractivity contribution in [1.29, 1.82) is 0 Å². The highest BCUT2D eigenvalue weighted by Gasteiger charge is 2.35. The zero-order chi connectivity index (χ0) is 17.1. The first kappa shape index (κ1) is 16.8. The summed E-state index contributed by atoms with van der Waals surface area (Å²) in [5, 5.41) is 18.9. The number of aliphatic hydroxyl groups excluding tert-OH is 1. The molecule has 1 saturated heterocycles. The van der Waals surface area contributed by atoms with Gasteiger partial charge in [-0.3, -0.25) is 14.2 Å². The molecule has 8 nitrogen and oxygen atoms in total. The van der Waals surface area contributed by atoms with Gasteiger partial charge in [-0.25, -0.2) is 0 Å². The Balaban J connectivity index is 1.51. The first-order valence-corrected chi connectivity index (χ1v) is 8.26. The zero-order valence-corrected chi connectivity index (χ0v) is 14.1. The van der Waals surface area contributed by atoms with Gasteiger partial charge < -0.3 is 14.7 Å². The van der Waals surface area contributed by atoms with Gasteiger partial charge >= 0.3 is 0 Å². The van der Waals surface area contributed by atoms with Crippen LogP contribution in [0.5, 0.6) is 5.75 Å². The third-order valence-corrected chi connectivity index (χ3v) is 4.16. The van der Waals surface area contributed by atoms with E-state index in [0.717, 1.165) is 6.54 Å². The van der Waals surface area contributed by atoms with Crippen LogP contribution in [0.15, 0.2) is 24.8 Å². The van der Waals surface area contributed by atoms with E-state index in [-0.39, 0.29) is 12.5 Å². The number of amides is 1. The van der Waals surface area contributed by atoms with Gasteiger partial charge in [-0.15, -0.1) is 0 Å². The molecule has 0 radical (unpaired) electrons. The van der Waals surface area contributed by atoms with Crippen LogP contribution in [0.1, 0.15) is 13.3 Å². The van der Waals surface area contributed by atoms with Gasteiger partial charge in [0, 0.05) is 25.7 Å². The molecule has 1 aliphatic rings. The Bertz CT molecular complexity index is 701. The molecular weight excluding hydrogens is 334 g/mol. The molecule has 0 saturated carbocycles. The van der Waals surface area contributed by atoms with Crippen LogP contribution in [-0.2, 0) is 17.9 Å². The topological polar surface area (TPSA) is 85.4 Å². The number of aliphatic hydroxyl groups is 1. The summed E-state index contributed by atoms with van der Waals surface area (Å²) in [5.74, 6) is 0.553. The van der Waals surface area contributed by atoms with Crippen LogP contribution in [-0.4, -0.2) is 60.8 Å². The molecule has 2 aromatic rings. The number of likely N-dealkylation sites (tertiary alicyclic amines) is 1. The Kier molecular flexibility index (Phi) is 5.06. The van der Waals surface area contributed by atoms with Crippen LogP contribution in [0.25, 0.3) is 0 Å². The Labute approximate surface area is 144 Å². The molecular formula is C15H20ClN5O3. The fourth-order valence-corrected chi connectivity index (χ4v) is 2.81. The lowest BCUT2D eigenvalue weighted by atomic mass is 10.3. The van der Waals surface area contributed by atoms with E-state index in [9.17, 15) is 9.90 Å². The summed E-state index contributed by atoms with van der Waals surface area (Å²) in [4.78, 5) is 13.9. The van der Waals surface area contributed by atoms with Crippen molar-refractivity contribution in [1.82, 2.24) is 24.5 Å². The molecule has 24 heavy (non-hydrogen) atoms. The Morgan fingerprint density at radius 3 is 2.79 bits per heavy atom. The average Bonchev–Trinajstić information content (AvgIpc) is 3.27. The lowest BCUT2D eigenvalue weighted by molar-refractivity contribution is -0.130. The van der Waals surface area contributed by atoms with Crippen molar-refractivity contribution in [2.24, 2.45) is 0 Å². The Morgan fingerprint density at radius 1 is 1.33 bits per heavy atom. The molecule has 9 heteroatoms. The summed E-state index contributed by atoms with van der Waals surface area (Å²) in [7, 11) is 0. The number of halogens is 1. The van der Waals surface area contributed by atoms with Crippen LogP contribution in [0.3, 0.4) is 0 Å². The summed E-state index contributed by atoms with van der Waals surface area (Å²) >= 11 is 5.80. The number of hydrogen-bond donors (Lipinski definition) is 1. The first-order chi connectivity index (χ1) is 11.5. The summed E-state index contributed by atoms with van der Waals surface area (Å²) in [6.07, 6.45) is 5.74. The highest BCUT2D eigenvalue weighted by atomic mass is 35.5. The maximum absolute atomic E-state index is 12.3. The molecule has 0 bridgehead atoms. The lowest BCUT2D eigenvalue weighted by Gasteiger charge is -2.16. The second-order valence-electron chi connectivity index (χ2n) is 5.73. The Hall–Kier alpha value is -2.06. The molecule has 1 fully saturated rings. The highest BCUT2D eigenvalue weighted by Crippen LogP contribution is 2.19. The van der Waals surface area contributed by atoms with Crippen LogP contribution >= 0.6 is 11.6 Å². The fraction of sp³-hybridized carbons (Fsp3) is 0.533. The number of β-amino-alcohol motifs (C(OH)–C–C–N with tert-alkyl or cyclic N) is 1. The third kappa shape index (κ3) is 3.88. The normalized spacial score (nSPS) is 20.5. The number of ether oxygens (including phenoxy) is 1. The van der Waals surface area contributed by atoms with Gasteiger partial charge in [0.25, 0.3) is 0 Å². The summed E-state index contributed by atoms with van der Waals surface area (Å²) < 4.78 is 9.12. The van der Waals surface area contributed by atoms with E-state index in [4.69, 9.17) is 16.3 Å². The lowest BCUT2D eigenvalue weighted by Crippen LogP contribution is -2.31. The smallest absolute Gasteiger partial charge is 0.224 e. The molecule has 0 aromatic carbocycles. The molecule has 2 atom stereocenters. The molecule has 1 aliphatic heterocycles. The van der Waals surface area contributed by atoms with E-state index in [2.05, 4.69) is 10.2 Å². The van der Waals surface area contributed by atoms with Crippen molar-refractivity contribution in [3.8, 4) is 5.75 Å². The molecule has 1 amide bonds. The van der Waals surface area contributed by atoms with Crippen molar-refractivity contribution < 1.29 is 14.6 Å². The summed E-state index contributed by atoms with van der Waals surface area (Å²) in [6.45, 7) is 3.81. The van der Waals surface area contributed by atoms with Crippen LogP contribution in [0.2, 0.25) is 5.02 Å². The predicted molar refractivity (Wildman–Crippen MR) is 86.8 cm³/mol. The standard InChI is InChI=1S/C15H20ClN5O3/c1-2-20-8-12(6-18-20)24-14-10-19(9-13(14)22)15(23)3-4-21-7-11(16)5-17-21/h5-8,13-14,22H,2-4,9-10H2,1H3/t13-,14-/m1/s1. The molecule has 1 N–H and O–H groups in total. The van der Waals surface area contributed by atoms with Crippen molar-refractivity contribution >= 4 is 17.5 Å². The number of rotatable bonds is 6. The summed E-state index contributed by atoms with van der Waals surface area (Å²) in [5.41, 5.74) is 0. The van der Waals surface area contributed by atoms with Crippen LogP contribution in [0.4, 0.5) is 0 Å². The van der Waals surface area contributed by atoms with Crippen molar-refractivity contribution in [2.75, 3.05) is 13.1 Å². The number of carbonyl (C=O) groups is 1. The molecule has 0 aliphatic carbocycles. The van der Waals surface area contributed by atoms with Crippen molar-refractivity contribution in [2.45, 2.75) is 38.6 Å². The quantitative estimate of drug-likeness (QED) is 0.830. The van der Waals surface area contributed by atoms with Crippen LogP contribution in [0, 0.1) is 0 Å². The number of carbonyl (C=O) groups excluding carboxylic acids is 1. The van der Waals surface area contributed by atoms with E-state index in [1.807, 2.05) is 6.92 Å². The monoisotopic (exact) mass is 353 g/mol. The maximum Gasteiger partial charge on any atom is 0.224 e. The van der Waals surface area contributed by atoms with Gasteiger partial charge in [-0.2, -0.15) is 10.2 Å². The predicted octanol–water partition coefficient (Wildman–Crippen LogP) is 0.794. The molecule has 3 heterocycles. The van der Waals surface area contributed by atoms with E-state index in [1.165, 1.54) is 6.20 Å². The van der Waals surface area contributed by atoms with E-state index >= 15 is 0 Å². The first-order valence-electron chi connectivity index (χ1n) is 7.88. The molecule has 130 valence electrons. The number of nitrogens with zero attached hydrogens (tertiary/aromatic N) is 5. The fourth-order valence-electron chi connectivity index (χ4n) is 2.66. The van der Waals surface area contributed by atoms with Crippen LogP contribution < -0.4 is 4.74 Å². The highest BCUT2D eigenvalue weighted by molar-refractivity contribution is 6.30.